The molecule has 0 radical (unpaired) electrons. The molecule has 0 fully saturated rings. The van der Waals surface area contributed by atoms with Crippen LogP contribution in [0.15, 0.2) is 16.6 Å². The van der Waals surface area contributed by atoms with Gasteiger partial charge in [-0.3, -0.25) is 0 Å². The molecule has 0 bridgehead atoms. The minimum Gasteiger partial charge on any atom is -0.495 e. The molecule has 1 unspecified atom stereocenters. The second-order valence-electron chi connectivity index (χ2n) is 3.66. The molecule has 1 rings (SSSR count). The molecule has 2 nitrogen and oxygen atoms in total. The molecule has 0 heterocycles. The van der Waals surface area contributed by atoms with Gasteiger partial charge in [-0.15, -0.1) is 0 Å². The summed E-state index contributed by atoms with van der Waals surface area (Å²) in [4.78, 5) is 0. The summed E-state index contributed by atoms with van der Waals surface area (Å²) in [5.41, 5.74) is -0.433. The van der Waals surface area contributed by atoms with Crippen molar-refractivity contribution in [2.75, 3.05) is 13.7 Å². The van der Waals surface area contributed by atoms with E-state index in [4.69, 9.17) is 9.84 Å². The Balaban J connectivity index is 3.39. The molecule has 0 aliphatic heterocycles. The molecule has 96 valence electrons. The van der Waals surface area contributed by atoms with Gasteiger partial charge < -0.3 is 9.84 Å². The van der Waals surface area contributed by atoms with Crippen LogP contribution in [0.5, 0.6) is 5.75 Å². The van der Waals surface area contributed by atoms with E-state index in [1.165, 1.54) is 13.2 Å². The Kier molecular flexibility index (Phi) is 4.43. The van der Waals surface area contributed by atoms with Gasteiger partial charge in [-0.1, -0.05) is 6.92 Å². The van der Waals surface area contributed by atoms with E-state index >= 15 is 0 Å². The first-order valence-corrected chi connectivity index (χ1v) is 5.66. The Labute approximate surface area is 106 Å². The van der Waals surface area contributed by atoms with Crippen LogP contribution in [0.25, 0.3) is 0 Å². The molecule has 0 saturated carbocycles. The summed E-state index contributed by atoms with van der Waals surface area (Å²) < 4.78 is 43.4. The number of hydrogen-bond donors (Lipinski definition) is 1. The minimum absolute atomic E-state index is 0.212. The number of aliphatic hydroxyl groups excluding tert-OH is 1. The largest absolute Gasteiger partial charge is 0.495 e. The molecule has 1 aromatic carbocycles. The molecule has 0 saturated heterocycles. The molecular formula is C11H12BrF3O2. The van der Waals surface area contributed by atoms with E-state index in [2.05, 4.69) is 15.9 Å². The van der Waals surface area contributed by atoms with Crippen molar-refractivity contribution in [3.8, 4) is 5.75 Å². The number of halogens is 4. The lowest BCUT2D eigenvalue weighted by Gasteiger charge is -2.17. The summed E-state index contributed by atoms with van der Waals surface area (Å²) in [6.45, 7) is 1.43. The standard InChI is InChI=1S/C11H12BrF3O2/c1-6(5-16)7-3-8(11(13,14)15)10(17-2)9(12)4-7/h3-4,6,16H,5H2,1-2H3. The van der Waals surface area contributed by atoms with Crippen molar-refractivity contribution >= 4 is 15.9 Å². The maximum absolute atomic E-state index is 12.8. The average molecular weight is 313 g/mol. The fourth-order valence-electron chi connectivity index (χ4n) is 1.42. The smallest absolute Gasteiger partial charge is 0.420 e. The van der Waals surface area contributed by atoms with Gasteiger partial charge in [0.25, 0.3) is 0 Å². The minimum atomic E-state index is -4.49. The Hall–Kier alpha value is -0.750. The summed E-state index contributed by atoms with van der Waals surface area (Å²) >= 11 is 3.04. The topological polar surface area (TPSA) is 29.5 Å². The van der Waals surface area contributed by atoms with Gasteiger partial charge in [0.15, 0.2) is 0 Å². The van der Waals surface area contributed by atoms with Crippen LogP contribution in [-0.2, 0) is 6.18 Å². The molecule has 0 aromatic heterocycles. The fourth-order valence-corrected chi connectivity index (χ4v) is 2.06. The normalized spacial score (nSPS) is 13.6. The first-order valence-electron chi connectivity index (χ1n) is 4.86. The van der Waals surface area contributed by atoms with Gasteiger partial charge in [0, 0.05) is 12.5 Å². The zero-order valence-electron chi connectivity index (χ0n) is 9.31. The van der Waals surface area contributed by atoms with Crippen molar-refractivity contribution in [1.29, 1.82) is 0 Å². The van der Waals surface area contributed by atoms with E-state index in [0.717, 1.165) is 6.07 Å². The van der Waals surface area contributed by atoms with Crippen LogP contribution in [0.4, 0.5) is 13.2 Å². The maximum Gasteiger partial charge on any atom is 0.420 e. The van der Waals surface area contributed by atoms with Gasteiger partial charge in [0.1, 0.15) is 5.75 Å². The number of alkyl halides is 3. The third-order valence-electron chi connectivity index (χ3n) is 2.42. The number of benzene rings is 1. The van der Waals surface area contributed by atoms with Crippen molar-refractivity contribution in [3.05, 3.63) is 27.7 Å². The second kappa shape index (κ2) is 5.27. The van der Waals surface area contributed by atoms with Crippen molar-refractivity contribution in [1.82, 2.24) is 0 Å². The predicted octanol–water partition coefficient (Wildman–Crippen LogP) is 3.57. The number of ether oxygens (including phenoxy) is 1. The molecule has 6 heteroatoms. The highest BCUT2D eigenvalue weighted by Crippen LogP contribution is 2.42. The highest BCUT2D eigenvalue weighted by molar-refractivity contribution is 9.10. The molecule has 1 atom stereocenters. The average Bonchev–Trinajstić information content (AvgIpc) is 2.25. The highest BCUT2D eigenvalue weighted by atomic mass is 79.9. The summed E-state index contributed by atoms with van der Waals surface area (Å²) in [6.07, 6.45) is -4.49. The van der Waals surface area contributed by atoms with Crippen molar-refractivity contribution < 1.29 is 23.0 Å². The van der Waals surface area contributed by atoms with Crippen LogP contribution >= 0.6 is 15.9 Å². The van der Waals surface area contributed by atoms with E-state index in [-0.39, 0.29) is 22.7 Å². The molecule has 0 spiro atoms. The Morgan fingerprint density at radius 3 is 2.41 bits per heavy atom. The van der Waals surface area contributed by atoms with Crippen molar-refractivity contribution in [2.45, 2.75) is 19.0 Å². The lowest BCUT2D eigenvalue weighted by Crippen LogP contribution is -2.10. The van der Waals surface area contributed by atoms with E-state index in [1.807, 2.05) is 0 Å². The lowest BCUT2D eigenvalue weighted by atomic mass is 9.99. The van der Waals surface area contributed by atoms with Crippen LogP contribution in [0.2, 0.25) is 0 Å². The molecule has 0 aliphatic carbocycles. The molecular weight excluding hydrogens is 301 g/mol. The number of rotatable bonds is 3. The number of hydrogen-bond acceptors (Lipinski definition) is 2. The van der Waals surface area contributed by atoms with Crippen LogP contribution in [0, 0.1) is 0 Å². The molecule has 1 aromatic rings. The van der Waals surface area contributed by atoms with E-state index in [9.17, 15) is 13.2 Å². The molecule has 1 N–H and O–H groups in total. The van der Waals surface area contributed by atoms with Gasteiger partial charge in [-0.05, 0) is 33.6 Å². The monoisotopic (exact) mass is 312 g/mol. The Bertz CT molecular complexity index is 404. The van der Waals surface area contributed by atoms with Crippen molar-refractivity contribution in [2.24, 2.45) is 0 Å². The SMILES string of the molecule is COc1c(Br)cc(C(C)CO)cc1C(F)(F)F. The quantitative estimate of drug-likeness (QED) is 0.924. The second-order valence-corrected chi connectivity index (χ2v) is 4.52. The fraction of sp³-hybridized carbons (Fsp3) is 0.455. The zero-order valence-corrected chi connectivity index (χ0v) is 10.9. The molecule has 0 amide bonds. The van der Waals surface area contributed by atoms with Gasteiger partial charge in [0.05, 0.1) is 17.1 Å². The summed E-state index contributed by atoms with van der Waals surface area (Å²) in [5.74, 6) is -0.607. The highest BCUT2D eigenvalue weighted by Gasteiger charge is 2.36. The van der Waals surface area contributed by atoms with Crippen LogP contribution in [-0.4, -0.2) is 18.8 Å². The van der Waals surface area contributed by atoms with E-state index in [0.29, 0.717) is 5.56 Å². The van der Waals surface area contributed by atoms with E-state index < -0.39 is 11.7 Å². The third kappa shape index (κ3) is 3.13. The first-order chi connectivity index (χ1) is 7.81. The lowest BCUT2D eigenvalue weighted by molar-refractivity contribution is -0.138. The first kappa shape index (κ1) is 14.3. The van der Waals surface area contributed by atoms with Gasteiger partial charge in [-0.25, -0.2) is 0 Å². The summed E-state index contributed by atoms with van der Waals surface area (Å²) in [5, 5.41) is 8.97. The Morgan fingerprint density at radius 1 is 1.41 bits per heavy atom. The van der Waals surface area contributed by atoms with E-state index in [1.54, 1.807) is 6.92 Å². The summed E-state index contributed by atoms with van der Waals surface area (Å²) in [7, 11) is 1.18. The van der Waals surface area contributed by atoms with Crippen molar-refractivity contribution in [3.63, 3.8) is 0 Å². The number of methoxy groups -OCH3 is 1. The zero-order chi connectivity index (χ0) is 13.2. The summed E-state index contributed by atoms with van der Waals surface area (Å²) in [6, 6.07) is 2.53. The van der Waals surface area contributed by atoms with Gasteiger partial charge in [-0.2, -0.15) is 13.2 Å². The Morgan fingerprint density at radius 2 is 2.00 bits per heavy atom. The number of aliphatic hydroxyl groups is 1. The van der Waals surface area contributed by atoms with Crippen LogP contribution < -0.4 is 4.74 Å². The molecule has 0 aliphatic rings. The third-order valence-corrected chi connectivity index (χ3v) is 3.01. The maximum atomic E-state index is 12.8. The van der Waals surface area contributed by atoms with Gasteiger partial charge in [0.2, 0.25) is 0 Å². The molecule has 17 heavy (non-hydrogen) atoms. The van der Waals surface area contributed by atoms with Crippen LogP contribution in [0.3, 0.4) is 0 Å². The predicted molar refractivity (Wildman–Crippen MR) is 61.2 cm³/mol. The van der Waals surface area contributed by atoms with Crippen LogP contribution in [0.1, 0.15) is 24.0 Å². The van der Waals surface area contributed by atoms with Gasteiger partial charge >= 0.3 is 6.18 Å².